The van der Waals surface area contributed by atoms with Gasteiger partial charge in [0.25, 0.3) is 10.1 Å². The number of carbonyl (C=O) groups excluding carboxylic acids is 1. The van der Waals surface area contributed by atoms with Crippen LogP contribution in [0.1, 0.15) is 12.8 Å². The van der Waals surface area contributed by atoms with Crippen molar-refractivity contribution in [3.8, 4) is 0 Å². The maximum Gasteiger partial charge on any atom is 0.316 e. The van der Waals surface area contributed by atoms with E-state index < -0.39 is 28.3 Å². The Morgan fingerprint density at radius 1 is 1.44 bits per heavy atom. The van der Waals surface area contributed by atoms with Gasteiger partial charge in [-0.15, -0.1) is 0 Å². The van der Waals surface area contributed by atoms with Gasteiger partial charge in [-0.2, -0.15) is 21.0 Å². The predicted octanol–water partition coefficient (Wildman–Crippen LogP) is -0.0350. The zero-order valence-corrected chi connectivity index (χ0v) is 10.1. The molecule has 5 nitrogen and oxygen atoms in total. The Balaban J connectivity index is 1.84. The second-order valence-corrected chi connectivity index (χ2v) is 6.70. The molecule has 5 atom stereocenters. The van der Waals surface area contributed by atoms with Crippen LogP contribution in [0.3, 0.4) is 0 Å². The summed E-state index contributed by atoms with van der Waals surface area (Å²) in [5.74, 6) is -0.240. The smallest absolute Gasteiger partial charge is 0.316 e. The number of rotatable bonds is 2. The van der Waals surface area contributed by atoms with Crippen molar-refractivity contribution in [1.82, 2.24) is 0 Å². The summed E-state index contributed by atoms with van der Waals surface area (Å²) in [7, 11) is -3.42. The van der Waals surface area contributed by atoms with Crippen LogP contribution in [0.25, 0.3) is 0 Å². The summed E-state index contributed by atoms with van der Waals surface area (Å²) in [4.78, 5) is 11.2. The van der Waals surface area contributed by atoms with E-state index >= 15 is 0 Å². The molecule has 1 heterocycles. The van der Waals surface area contributed by atoms with Gasteiger partial charge < -0.3 is 4.74 Å². The molecule has 16 heavy (non-hydrogen) atoms. The maximum atomic E-state index is 11.6. The van der Waals surface area contributed by atoms with E-state index in [2.05, 4.69) is 12.6 Å². The summed E-state index contributed by atoms with van der Waals surface area (Å²) < 4.78 is 33.5. The molecular weight excluding hydrogens is 252 g/mol. The Hall–Kier alpha value is -0.270. The molecule has 90 valence electrons. The molecule has 0 spiro atoms. The number of ether oxygens (including phenoxy) is 1. The summed E-state index contributed by atoms with van der Waals surface area (Å²) >= 11 is 3.83. The number of thiol groups is 1. The lowest BCUT2D eigenvalue weighted by atomic mass is 9.94. The van der Waals surface area contributed by atoms with Crippen LogP contribution in [-0.2, 0) is 23.8 Å². The van der Waals surface area contributed by atoms with Crippen LogP contribution in [0.4, 0.5) is 0 Å². The lowest BCUT2D eigenvalue weighted by Crippen LogP contribution is -2.37. The Morgan fingerprint density at radius 3 is 2.88 bits per heavy atom. The first-order chi connectivity index (χ1) is 7.53. The number of hydrogen-bond acceptors (Lipinski definition) is 6. The SMILES string of the molecule is O=C(CS)OC1C2CC3C1OS(=O)(=O)C3C2. The third kappa shape index (κ3) is 1.34. The maximum absolute atomic E-state index is 11.6. The Bertz CT molecular complexity index is 431. The molecule has 1 saturated heterocycles. The van der Waals surface area contributed by atoms with Crippen molar-refractivity contribution in [2.45, 2.75) is 30.3 Å². The number of esters is 1. The van der Waals surface area contributed by atoms with Crippen molar-refractivity contribution in [1.29, 1.82) is 0 Å². The van der Waals surface area contributed by atoms with Gasteiger partial charge in [-0.25, -0.2) is 0 Å². The fourth-order valence-corrected chi connectivity index (χ4v) is 5.19. The minimum Gasteiger partial charge on any atom is -0.459 e. The van der Waals surface area contributed by atoms with E-state index in [0.29, 0.717) is 6.42 Å². The Morgan fingerprint density at radius 2 is 2.19 bits per heavy atom. The van der Waals surface area contributed by atoms with Gasteiger partial charge >= 0.3 is 5.97 Å². The first kappa shape index (κ1) is 10.9. The molecule has 0 aromatic heterocycles. The minimum atomic E-state index is -3.42. The number of carbonyl (C=O) groups is 1. The van der Waals surface area contributed by atoms with Crippen molar-refractivity contribution < 1.29 is 22.1 Å². The molecule has 7 heteroatoms. The molecule has 5 unspecified atom stereocenters. The average molecular weight is 264 g/mol. The summed E-state index contributed by atoms with van der Waals surface area (Å²) in [6, 6.07) is 0. The fourth-order valence-electron chi connectivity index (χ4n) is 3.23. The number of hydrogen-bond donors (Lipinski definition) is 1. The molecule has 2 aliphatic carbocycles. The lowest BCUT2D eigenvalue weighted by Gasteiger charge is -2.24. The van der Waals surface area contributed by atoms with Gasteiger partial charge in [0.05, 0.1) is 11.0 Å². The Kier molecular flexibility index (Phi) is 2.28. The zero-order valence-electron chi connectivity index (χ0n) is 8.40. The quantitative estimate of drug-likeness (QED) is 0.431. The van der Waals surface area contributed by atoms with Crippen LogP contribution in [0, 0.1) is 11.8 Å². The van der Waals surface area contributed by atoms with Crippen molar-refractivity contribution in [3.05, 3.63) is 0 Å². The summed E-state index contributed by atoms with van der Waals surface area (Å²) in [5.41, 5.74) is 0. The largest absolute Gasteiger partial charge is 0.459 e. The van der Waals surface area contributed by atoms with E-state index in [0.717, 1.165) is 6.42 Å². The second-order valence-electron chi connectivity index (χ2n) is 4.60. The molecule has 0 radical (unpaired) electrons. The molecule has 0 aromatic carbocycles. The first-order valence-electron chi connectivity index (χ1n) is 5.25. The van der Waals surface area contributed by atoms with Gasteiger partial charge in [0, 0.05) is 11.8 Å². The summed E-state index contributed by atoms with van der Waals surface area (Å²) in [6.07, 6.45) is 0.517. The van der Waals surface area contributed by atoms with E-state index in [-0.39, 0.29) is 22.8 Å². The standard InChI is InChI=1S/C9H12O5S2/c10-7(3-15)13-8-4-1-5-6(2-4)16(11,12)14-9(5)8/h4-6,8-9,15H,1-3H2. The van der Waals surface area contributed by atoms with Crippen molar-refractivity contribution in [2.24, 2.45) is 11.8 Å². The molecule has 2 saturated carbocycles. The molecule has 0 amide bonds. The lowest BCUT2D eigenvalue weighted by molar-refractivity contribution is -0.152. The van der Waals surface area contributed by atoms with E-state index in [1.54, 1.807) is 0 Å². The molecular formula is C9H12O5S2. The first-order valence-corrected chi connectivity index (χ1v) is 7.36. The molecule has 0 N–H and O–H groups in total. The van der Waals surface area contributed by atoms with Crippen molar-refractivity contribution in [2.75, 3.05) is 5.75 Å². The molecule has 3 rings (SSSR count). The summed E-state index contributed by atoms with van der Waals surface area (Å²) in [6.45, 7) is 0. The second kappa shape index (κ2) is 3.36. The highest BCUT2D eigenvalue weighted by atomic mass is 32.2. The zero-order chi connectivity index (χ0) is 11.5. The normalized spacial score (nSPS) is 47.2. The molecule has 3 aliphatic rings. The highest BCUT2D eigenvalue weighted by molar-refractivity contribution is 7.87. The van der Waals surface area contributed by atoms with Gasteiger partial charge in [-0.05, 0) is 12.8 Å². The fraction of sp³-hybridized carbons (Fsp3) is 0.889. The van der Waals surface area contributed by atoms with E-state index in [1.165, 1.54) is 0 Å². The highest BCUT2D eigenvalue weighted by Crippen LogP contribution is 2.55. The molecule has 3 fully saturated rings. The molecule has 2 bridgehead atoms. The van der Waals surface area contributed by atoms with Crippen LogP contribution in [-0.4, -0.2) is 37.6 Å². The van der Waals surface area contributed by atoms with Crippen LogP contribution < -0.4 is 0 Å². The predicted molar refractivity (Wildman–Crippen MR) is 57.5 cm³/mol. The Labute approximate surface area is 99.0 Å². The monoisotopic (exact) mass is 264 g/mol. The van der Waals surface area contributed by atoms with Gasteiger partial charge in [-0.1, -0.05) is 0 Å². The topological polar surface area (TPSA) is 69.7 Å². The van der Waals surface area contributed by atoms with Crippen LogP contribution in [0.15, 0.2) is 0 Å². The van der Waals surface area contributed by atoms with Gasteiger partial charge in [0.15, 0.2) is 0 Å². The highest BCUT2D eigenvalue weighted by Gasteiger charge is 2.65. The van der Waals surface area contributed by atoms with Gasteiger partial charge in [-0.3, -0.25) is 8.98 Å². The molecule has 0 aromatic rings. The average Bonchev–Trinajstić information content (AvgIpc) is 2.81. The molecule has 1 aliphatic heterocycles. The third-order valence-corrected chi connectivity index (χ3v) is 5.84. The van der Waals surface area contributed by atoms with Crippen LogP contribution in [0.2, 0.25) is 0 Å². The van der Waals surface area contributed by atoms with E-state index in [9.17, 15) is 13.2 Å². The number of fused-ring (bicyclic) bond motifs is 1. The van der Waals surface area contributed by atoms with Crippen molar-refractivity contribution >= 4 is 28.7 Å². The summed E-state index contributed by atoms with van der Waals surface area (Å²) in [5, 5.41) is -0.367. The third-order valence-electron chi connectivity index (χ3n) is 3.81. The van der Waals surface area contributed by atoms with Crippen LogP contribution >= 0.6 is 12.6 Å². The van der Waals surface area contributed by atoms with Gasteiger partial charge in [0.2, 0.25) is 0 Å². The van der Waals surface area contributed by atoms with Crippen LogP contribution in [0.5, 0.6) is 0 Å². The minimum absolute atomic E-state index is 0.0107. The van der Waals surface area contributed by atoms with Crippen molar-refractivity contribution in [3.63, 3.8) is 0 Å². The van der Waals surface area contributed by atoms with Gasteiger partial charge in [0.1, 0.15) is 12.2 Å². The van der Waals surface area contributed by atoms with E-state index in [1.807, 2.05) is 0 Å². The van der Waals surface area contributed by atoms with E-state index in [4.69, 9.17) is 8.92 Å².